The zero-order valence-electron chi connectivity index (χ0n) is 89.8. The minimum atomic E-state index is 0.0881. The second kappa shape index (κ2) is 78.6. The summed E-state index contributed by atoms with van der Waals surface area (Å²) < 4.78 is 121. The van der Waals surface area contributed by atoms with Crippen LogP contribution in [0.4, 0.5) is 0 Å². The van der Waals surface area contributed by atoms with Crippen molar-refractivity contribution in [2.75, 3.05) is 177 Å². The molecule has 0 heterocycles. The Labute approximate surface area is 870 Å². The molecule has 788 valence electrons. The summed E-state index contributed by atoms with van der Waals surface area (Å²) in [6.07, 6.45) is 13.0. The first-order valence-electron chi connectivity index (χ1n) is 49.3. The van der Waals surface area contributed by atoms with Gasteiger partial charge in [0, 0.05) is 183 Å². The van der Waals surface area contributed by atoms with E-state index in [1.807, 2.05) is 201 Å². The van der Waals surface area contributed by atoms with Gasteiger partial charge in [0.25, 0.3) is 0 Å². The van der Waals surface area contributed by atoms with Crippen LogP contribution in [-0.2, 0) is 57.3 Å². The van der Waals surface area contributed by atoms with E-state index in [0.717, 1.165) is 197 Å². The summed E-state index contributed by atoms with van der Waals surface area (Å²) in [5.74, 6) is 11.9. The Morgan fingerprint density at radius 1 is 0.254 bits per heavy atom. The van der Waals surface area contributed by atoms with Crippen LogP contribution in [0.1, 0.15) is 179 Å². The Morgan fingerprint density at radius 3 is 0.972 bits per heavy atom. The van der Waals surface area contributed by atoms with Gasteiger partial charge < -0.3 is 104 Å². The fourth-order valence-corrected chi connectivity index (χ4v) is 13.6. The zero-order chi connectivity index (χ0) is 104. The number of unbranched alkanes of at least 4 members (excludes halogenated alkanes) is 1. The van der Waals surface area contributed by atoms with E-state index in [1.54, 1.807) is 77.2 Å². The molecule has 10 aromatic rings. The number of ether oxygens (including phenoxy) is 22. The van der Waals surface area contributed by atoms with E-state index in [1.165, 1.54) is 51.8 Å². The Morgan fingerprint density at radius 2 is 0.570 bits per heavy atom. The highest BCUT2D eigenvalue weighted by Crippen LogP contribution is 2.39. The molecule has 0 aliphatic rings. The van der Waals surface area contributed by atoms with Gasteiger partial charge in [0.1, 0.15) is 23.9 Å². The molecular weight excluding hydrogens is 1910 g/mol. The summed E-state index contributed by atoms with van der Waals surface area (Å²) >= 11 is 15.5. The predicted molar refractivity (Wildman–Crippen MR) is 582 cm³/mol. The van der Waals surface area contributed by atoms with E-state index in [4.69, 9.17) is 127 Å². The maximum Gasteiger partial charge on any atom is 0.169 e. The van der Waals surface area contributed by atoms with Crippen molar-refractivity contribution in [2.45, 2.75) is 206 Å². The number of methoxy groups -OCH3 is 10. The normalized spacial score (nSPS) is 10.5. The minimum Gasteiger partial charge on any atom is -0.493 e. The summed E-state index contributed by atoms with van der Waals surface area (Å²) in [5.41, 5.74) is 14.2. The molecule has 0 unspecified atom stereocenters. The van der Waals surface area contributed by atoms with Crippen molar-refractivity contribution in [1.82, 2.24) is 0 Å². The molecule has 0 aliphatic heterocycles. The summed E-state index contributed by atoms with van der Waals surface area (Å²) in [4.78, 5) is 0. The highest BCUT2D eigenvalue weighted by molar-refractivity contribution is 9.10. The topological polar surface area (TPSA) is 203 Å². The largest absolute Gasteiger partial charge is 0.493 e. The third kappa shape index (κ3) is 55.3. The van der Waals surface area contributed by atoms with Crippen LogP contribution in [0.5, 0.6) is 86.2 Å². The van der Waals surface area contributed by atoms with E-state index in [-0.39, 0.29) is 12.2 Å². The molecule has 0 aromatic heterocycles. The molecule has 10 aromatic carbocycles. The quantitative estimate of drug-likeness (QED) is 0.0325. The number of hydrogen-bond acceptors (Lipinski definition) is 22. The van der Waals surface area contributed by atoms with Crippen molar-refractivity contribution in [3.63, 3.8) is 0 Å². The summed E-state index contributed by atoms with van der Waals surface area (Å²) in [6, 6.07) is 59.9. The Hall–Kier alpha value is -9.86. The van der Waals surface area contributed by atoms with Crippen molar-refractivity contribution in [1.29, 1.82) is 0 Å². The fourth-order valence-electron chi connectivity index (χ4n) is 12.9. The predicted octanol–water partition coefficient (Wildman–Crippen LogP) is 28.9. The Bertz CT molecular complexity index is 4880. The van der Waals surface area contributed by atoms with Crippen LogP contribution < -0.4 is 66.3 Å². The first-order valence-corrected chi connectivity index (χ1v) is 50.8. The van der Waals surface area contributed by atoms with Crippen molar-refractivity contribution in [2.24, 2.45) is 0 Å². The second-order valence-electron chi connectivity index (χ2n) is 34.0. The molecule has 0 N–H and O–H groups in total. The third-order valence-electron chi connectivity index (χ3n) is 20.6. The van der Waals surface area contributed by atoms with Gasteiger partial charge in [0.05, 0.1) is 83.8 Å². The molecule has 0 saturated carbocycles. The fraction of sp³-hybridized carbons (Fsp3) is 0.487. The standard InChI is InChI=1S/C18H22O3.C17H20O3.C17H28O3.C15H24O2.C14H21ClO3.C13H20O3.C12H17ClO3.C11H15BrO2/c1-15-9-10-17(18(13-15)20-12-6-11-19-2)21-14-16-7-4-3-5-8-16;1-14-9-10-16(20-15-7-4-3-5-8-15)17(13-14)19-12-6-11-18-2;1-6-8-15-12-17(20-13(2)3)16(11-14(15)4)19-10-7-9-18-5;1-4-5-7-14-9-8-13(2)12-15(14)17-11-6-10-16-3;1-10(2)18-14-9-12(15)11(3)8-13(14)17-7-5-6-16-4;1-10-8-12(15-4)13(9-11(10)2)16-7-5-6-14-3;1-9-7-12(16-6-4-5-14-2)11(15-3)8-10(9)13;1-9-4-5-10(12)11(8-9)14-7-3-6-13-2/h3-5,7-10,13H,6,11-12,14H2,1-2H3;3-5,7-10,13H,6,11-12H2,1-2H3;11-13H,6-10H2,1-5H3;8-9,12H,4-7,10-11H2,1-3H3;8-10H,5-7H2,1-4H3;8-9H,5-7H2,1-4H3;7-8H,4-6H2,1-3H3;4-5,8H,3,6-7H2,1-2H3. The van der Waals surface area contributed by atoms with Crippen LogP contribution in [0.25, 0.3) is 0 Å². The smallest absolute Gasteiger partial charge is 0.169 e. The lowest BCUT2D eigenvalue weighted by molar-refractivity contribution is 0.167. The highest BCUT2D eigenvalue weighted by Gasteiger charge is 2.17. The van der Waals surface area contributed by atoms with Crippen LogP contribution >= 0.6 is 39.1 Å². The van der Waals surface area contributed by atoms with Crippen LogP contribution in [0.3, 0.4) is 0 Å². The molecule has 0 saturated heterocycles. The van der Waals surface area contributed by atoms with Gasteiger partial charge >= 0.3 is 0 Å². The van der Waals surface area contributed by atoms with E-state index in [9.17, 15) is 0 Å². The number of para-hydroxylation sites is 1. The number of benzene rings is 10. The molecule has 0 atom stereocenters. The molecule has 22 nitrogen and oxygen atoms in total. The number of halogens is 3. The van der Waals surface area contributed by atoms with Crippen molar-refractivity contribution in [3.05, 3.63) is 263 Å². The highest BCUT2D eigenvalue weighted by atomic mass is 79.9. The third-order valence-corrected chi connectivity index (χ3v) is 22.1. The SMILES string of the molecule is CCCCc1ccc(C)cc1OCCCOC.CCCc1cc(OC(C)C)c(OCCCOC)cc1C.COCCCOc1cc(C)c(C)cc1OC.COCCCOc1cc(C)c(Cl)cc1OC.COCCCOc1cc(C)c(Cl)cc1OC(C)C.COCCCOc1cc(C)ccc1Br.COCCCOc1cc(C)ccc1OCc1ccccc1.COCCCOc1cc(C)ccc1Oc1ccccc1. The van der Waals surface area contributed by atoms with Gasteiger partial charge in [-0.05, 0) is 283 Å². The van der Waals surface area contributed by atoms with Crippen molar-refractivity contribution < 1.29 is 104 Å². The summed E-state index contributed by atoms with van der Waals surface area (Å²) in [5, 5.41) is 1.37. The molecule has 25 heteroatoms. The van der Waals surface area contributed by atoms with Gasteiger partial charge in [-0.25, -0.2) is 0 Å². The van der Waals surface area contributed by atoms with E-state index in [0.29, 0.717) is 114 Å². The summed E-state index contributed by atoms with van der Waals surface area (Å²) in [6.45, 7) is 42.2. The average molecular weight is 2080 g/mol. The molecule has 142 heavy (non-hydrogen) atoms. The molecule has 0 bridgehead atoms. The van der Waals surface area contributed by atoms with E-state index < -0.39 is 0 Å². The van der Waals surface area contributed by atoms with Gasteiger partial charge in [-0.15, -0.1) is 0 Å². The first-order chi connectivity index (χ1) is 68.6. The van der Waals surface area contributed by atoms with Crippen LogP contribution in [0, 0.1) is 62.3 Å². The number of rotatable bonds is 56. The maximum absolute atomic E-state index is 6.10. The summed E-state index contributed by atoms with van der Waals surface area (Å²) in [7, 11) is 16.8. The van der Waals surface area contributed by atoms with Crippen LogP contribution in [-0.4, -0.2) is 189 Å². The Kier molecular flexibility index (Phi) is 69.9. The van der Waals surface area contributed by atoms with Crippen molar-refractivity contribution in [3.8, 4) is 86.2 Å². The number of aryl methyl sites for hydroxylation is 11. The van der Waals surface area contributed by atoms with Gasteiger partial charge in [-0.3, -0.25) is 0 Å². The molecule has 0 spiro atoms. The Balaban J connectivity index is 0.000000418. The van der Waals surface area contributed by atoms with Gasteiger partial charge in [-0.1, -0.05) is 129 Å². The number of hydrogen-bond donors (Lipinski definition) is 0. The molecule has 0 aliphatic carbocycles. The second-order valence-corrected chi connectivity index (χ2v) is 35.7. The van der Waals surface area contributed by atoms with Gasteiger partial charge in [0.2, 0.25) is 0 Å². The lowest BCUT2D eigenvalue weighted by atomic mass is 10.0. The molecular formula is C117H167BrCl2O22. The van der Waals surface area contributed by atoms with E-state index >= 15 is 0 Å². The molecule has 0 radical (unpaired) electrons. The molecule has 0 fully saturated rings. The first kappa shape index (κ1) is 126. The maximum atomic E-state index is 6.10. The minimum absolute atomic E-state index is 0.0881. The molecule has 10 rings (SSSR count). The van der Waals surface area contributed by atoms with Crippen LogP contribution in [0.15, 0.2) is 186 Å². The van der Waals surface area contributed by atoms with E-state index in [2.05, 4.69) is 94.7 Å². The molecule has 0 amide bonds. The zero-order valence-corrected chi connectivity index (χ0v) is 92.9. The lowest BCUT2D eigenvalue weighted by Crippen LogP contribution is -2.09. The van der Waals surface area contributed by atoms with Gasteiger partial charge in [-0.2, -0.15) is 0 Å². The van der Waals surface area contributed by atoms with Crippen LogP contribution in [0.2, 0.25) is 10.0 Å². The lowest BCUT2D eigenvalue weighted by Gasteiger charge is -2.18. The average Bonchev–Trinajstić information content (AvgIpc) is 0.817. The monoisotopic (exact) mass is 2070 g/mol. The van der Waals surface area contributed by atoms with Gasteiger partial charge in [0.15, 0.2) is 69.0 Å². The van der Waals surface area contributed by atoms with Crippen molar-refractivity contribution >= 4 is 39.1 Å².